The molecule has 9 heteroatoms. The van der Waals surface area contributed by atoms with E-state index >= 15 is 0 Å². The van der Waals surface area contributed by atoms with E-state index in [0.29, 0.717) is 28.0 Å². The van der Waals surface area contributed by atoms with E-state index in [0.717, 1.165) is 11.4 Å². The van der Waals surface area contributed by atoms with Crippen molar-refractivity contribution in [3.05, 3.63) is 70.2 Å². The SMILES string of the molecule is COc1ccc(-n2nc3ccc(NC(=O)c4cc(Cl)c(OC)c(Cl)c4)cc3n2)cc1. The first kappa shape index (κ1) is 20.0. The summed E-state index contributed by atoms with van der Waals surface area (Å²) in [4.78, 5) is 14.1. The Labute approximate surface area is 182 Å². The lowest BCUT2D eigenvalue weighted by Gasteiger charge is -2.09. The van der Waals surface area contributed by atoms with Crippen molar-refractivity contribution >= 4 is 45.8 Å². The lowest BCUT2D eigenvalue weighted by atomic mass is 10.2. The molecule has 0 atom stereocenters. The van der Waals surface area contributed by atoms with Gasteiger partial charge >= 0.3 is 0 Å². The molecule has 1 heterocycles. The average molecular weight is 443 g/mol. The molecular weight excluding hydrogens is 427 g/mol. The zero-order valence-corrected chi connectivity index (χ0v) is 17.5. The largest absolute Gasteiger partial charge is 0.497 e. The molecule has 1 amide bonds. The number of halogens is 2. The van der Waals surface area contributed by atoms with Gasteiger partial charge in [0, 0.05) is 11.3 Å². The number of benzene rings is 3. The Morgan fingerprint density at radius 2 is 1.57 bits per heavy atom. The number of aromatic nitrogens is 3. The first-order valence-corrected chi connectivity index (χ1v) is 9.60. The second-order valence-corrected chi connectivity index (χ2v) is 7.13. The molecule has 1 aromatic heterocycles. The molecule has 0 unspecified atom stereocenters. The molecule has 3 aromatic carbocycles. The van der Waals surface area contributed by atoms with Crippen LogP contribution in [0, 0.1) is 0 Å². The highest BCUT2D eigenvalue weighted by atomic mass is 35.5. The molecule has 0 aliphatic rings. The van der Waals surface area contributed by atoms with Crippen LogP contribution in [0.2, 0.25) is 10.0 Å². The van der Waals surface area contributed by atoms with E-state index < -0.39 is 0 Å². The fourth-order valence-corrected chi connectivity index (χ4v) is 3.55. The number of fused-ring (bicyclic) bond motifs is 1. The molecule has 1 N–H and O–H groups in total. The molecule has 0 bridgehead atoms. The van der Waals surface area contributed by atoms with Gasteiger partial charge < -0.3 is 14.8 Å². The van der Waals surface area contributed by atoms with Gasteiger partial charge in [0.25, 0.3) is 5.91 Å². The second-order valence-electron chi connectivity index (χ2n) is 6.32. The smallest absolute Gasteiger partial charge is 0.255 e. The molecule has 0 saturated heterocycles. The predicted molar refractivity (Wildman–Crippen MR) is 116 cm³/mol. The van der Waals surface area contributed by atoms with E-state index in [1.807, 2.05) is 24.3 Å². The first-order chi connectivity index (χ1) is 14.5. The summed E-state index contributed by atoms with van der Waals surface area (Å²) in [7, 11) is 3.07. The molecule has 0 saturated carbocycles. The highest BCUT2D eigenvalue weighted by Gasteiger charge is 2.14. The average Bonchev–Trinajstić information content (AvgIpc) is 3.17. The third-order valence-electron chi connectivity index (χ3n) is 4.41. The number of amides is 1. The number of ether oxygens (including phenoxy) is 2. The molecular formula is C21H16Cl2N4O3. The monoisotopic (exact) mass is 442 g/mol. The van der Waals surface area contributed by atoms with Crippen LogP contribution in [0.3, 0.4) is 0 Å². The van der Waals surface area contributed by atoms with Gasteiger partial charge in [-0.05, 0) is 54.6 Å². The third-order valence-corrected chi connectivity index (χ3v) is 4.97. The van der Waals surface area contributed by atoms with Gasteiger partial charge in [-0.15, -0.1) is 10.2 Å². The van der Waals surface area contributed by atoms with Crippen LogP contribution in [0.25, 0.3) is 16.7 Å². The number of carbonyl (C=O) groups excluding carboxylic acids is 1. The topological polar surface area (TPSA) is 78.3 Å². The van der Waals surface area contributed by atoms with Crippen LogP contribution >= 0.6 is 23.2 Å². The summed E-state index contributed by atoms with van der Waals surface area (Å²) >= 11 is 12.2. The summed E-state index contributed by atoms with van der Waals surface area (Å²) in [5, 5.41) is 12.3. The van der Waals surface area contributed by atoms with Gasteiger partial charge in [-0.2, -0.15) is 4.80 Å². The molecule has 0 fully saturated rings. The molecule has 152 valence electrons. The van der Waals surface area contributed by atoms with Gasteiger partial charge in [-0.25, -0.2) is 0 Å². The number of carbonyl (C=O) groups is 1. The number of methoxy groups -OCH3 is 2. The maximum Gasteiger partial charge on any atom is 0.255 e. The maximum absolute atomic E-state index is 12.6. The summed E-state index contributed by atoms with van der Waals surface area (Å²) in [6.45, 7) is 0. The molecule has 0 radical (unpaired) electrons. The van der Waals surface area contributed by atoms with Crippen LogP contribution < -0.4 is 14.8 Å². The summed E-state index contributed by atoms with van der Waals surface area (Å²) in [6, 6.07) is 15.7. The minimum atomic E-state index is -0.358. The molecule has 4 aromatic rings. The molecule has 0 aliphatic carbocycles. The molecule has 0 aliphatic heterocycles. The van der Waals surface area contributed by atoms with Crippen molar-refractivity contribution in [2.45, 2.75) is 0 Å². The quantitative estimate of drug-likeness (QED) is 0.470. The Kier molecular flexibility index (Phi) is 5.48. The summed E-state index contributed by atoms with van der Waals surface area (Å²) in [5.74, 6) is 0.717. The second kappa shape index (κ2) is 8.22. The van der Waals surface area contributed by atoms with Gasteiger partial charge in [0.2, 0.25) is 0 Å². The van der Waals surface area contributed by atoms with Crippen LogP contribution in [0.1, 0.15) is 10.4 Å². The highest BCUT2D eigenvalue weighted by Crippen LogP contribution is 2.34. The van der Waals surface area contributed by atoms with Crippen molar-refractivity contribution in [1.82, 2.24) is 15.0 Å². The van der Waals surface area contributed by atoms with E-state index in [1.165, 1.54) is 24.0 Å². The fourth-order valence-electron chi connectivity index (χ4n) is 2.91. The fraction of sp³-hybridized carbons (Fsp3) is 0.0952. The maximum atomic E-state index is 12.6. The van der Waals surface area contributed by atoms with Crippen LogP contribution in [0.4, 0.5) is 5.69 Å². The van der Waals surface area contributed by atoms with Crippen molar-refractivity contribution < 1.29 is 14.3 Å². The summed E-state index contributed by atoms with van der Waals surface area (Å²) < 4.78 is 10.3. The van der Waals surface area contributed by atoms with Gasteiger partial charge in [0.05, 0.1) is 30.0 Å². The summed E-state index contributed by atoms with van der Waals surface area (Å²) in [5.41, 5.74) is 3.00. The number of hydrogen-bond acceptors (Lipinski definition) is 5. The zero-order valence-electron chi connectivity index (χ0n) is 16.0. The molecule has 7 nitrogen and oxygen atoms in total. The normalized spacial score (nSPS) is 10.8. The van der Waals surface area contributed by atoms with Crippen LogP contribution in [0.5, 0.6) is 11.5 Å². The van der Waals surface area contributed by atoms with Crippen molar-refractivity contribution in [3.8, 4) is 17.2 Å². The van der Waals surface area contributed by atoms with Crippen molar-refractivity contribution in [3.63, 3.8) is 0 Å². The Bertz CT molecular complexity index is 1220. The lowest BCUT2D eigenvalue weighted by Crippen LogP contribution is -2.12. The number of hydrogen-bond donors (Lipinski definition) is 1. The van der Waals surface area contributed by atoms with Gasteiger partial charge in [0.15, 0.2) is 5.75 Å². The Hall–Kier alpha value is -3.29. The number of rotatable bonds is 5. The minimum absolute atomic E-state index is 0.257. The van der Waals surface area contributed by atoms with Crippen molar-refractivity contribution in [2.75, 3.05) is 19.5 Å². The zero-order chi connectivity index (χ0) is 21.3. The van der Waals surface area contributed by atoms with Gasteiger partial charge in [-0.1, -0.05) is 23.2 Å². The molecule has 4 rings (SSSR count). The number of anilines is 1. The van der Waals surface area contributed by atoms with Crippen molar-refractivity contribution in [1.29, 1.82) is 0 Å². The van der Waals surface area contributed by atoms with E-state index in [-0.39, 0.29) is 16.0 Å². The predicted octanol–water partition coefficient (Wildman–Crippen LogP) is 5.00. The lowest BCUT2D eigenvalue weighted by molar-refractivity contribution is 0.102. The standard InChI is InChI=1S/C21H16Cl2N4O3/c1-29-15-6-4-14(5-7-15)27-25-18-8-3-13(11-19(18)26-27)24-21(28)12-9-16(22)20(30-2)17(23)10-12/h3-11H,1-2H3,(H,24,28). The van der Waals surface area contributed by atoms with E-state index in [9.17, 15) is 4.79 Å². The molecule has 0 spiro atoms. The molecule has 30 heavy (non-hydrogen) atoms. The van der Waals surface area contributed by atoms with E-state index in [1.54, 1.807) is 25.3 Å². The van der Waals surface area contributed by atoms with Crippen molar-refractivity contribution in [2.24, 2.45) is 0 Å². The van der Waals surface area contributed by atoms with Crippen LogP contribution in [0.15, 0.2) is 54.6 Å². The Morgan fingerprint density at radius 3 is 2.20 bits per heavy atom. The van der Waals surface area contributed by atoms with E-state index in [4.69, 9.17) is 32.7 Å². The highest BCUT2D eigenvalue weighted by molar-refractivity contribution is 6.37. The first-order valence-electron chi connectivity index (χ1n) is 8.84. The van der Waals surface area contributed by atoms with Crippen LogP contribution in [-0.2, 0) is 0 Å². The van der Waals surface area contributed by atoms with Gasteiger partial charge in [-0.3, -0.25) is 4.79 Å². The number of nitrogens with zero attached hydrogens (tertiary/aromatic N) is 3. The third kappa shape index (κ3) is 3.90. The van der Waals surface area contributed by atoms with Gasteiger partial charge in [0.1, 0.15) is 16.8 Å². The minimum Gasteiger partial charge on any atom is -0.497 e. The Balaban J connectivity index is 1.58. The Morgan fingerprint density at radius 1 is 0.900 bits per heavy atom. The van der Waals surface area contributed by atoms with E-state index in [2.05, 4.69) is 15.5 Å². The summed E-state index contributed by atoms with van der Waals surface area (Å²) in [6.07, 6.45) is 0. The van der Waals surface area contributed by atoms with Crippen LogP contribution in [-0.4, -0.2) is 35.1 Å². The number of nitrogens with one attached hydrogen (secondary N) is 1.